The first-order valence-electron chi connectivity index (χ1n) is 13.6. The van der Waals surface area contributed by atoms with Crippen LogP contribution < -0.4 is 4.74 Å². The van der Waals surface area contributed by atoms with Gasteiger partial charge in [0, 0.05) is 17.9 Å². The molecule has 5 aliphatic rings. The standard InChI is InChI=1S/C29H38N2O4/c32-26(29-14-19-9-20(15-29)11-21(10-19)16-29)17-35-27-13-25(30-31-27)24-7-5-23(6-8-24)22-3-1-18(2-4-22)12-28(33)34/h5-8,13,18-22,26,32H,1-4,9-12,14-17H2,(H,30,31)(H,33,34). The number of benzene rings is 1. The maximum absolute atomic E-state index is 11.1. The van der Waals surface area contributed by atoms with Crippen molar-refractivity contribution in [2.75, 3.05) is 6.61 Å². The lowest BCUT2D eigenvalue weighted by Crippen LogP contribution is -2.53. The molecule has 35 heavy (non-hydrogen) atoms. The molecule has 0 spiro atoms. The number of aliphatic carboxylic acids is 1. The fraction of sp³-hybridized carbons (Fsp3) is 0.655. The number of hydrogen-bond acceptors (Lipinski definition) is 4. The van der Waals surface area contributed by atoms with Gasteiger partial charge in [-0.25, -0.2) is 0 Å². The molecule has 5 fully saturated rings. The lowest BCUT2D eigenvalue weighted by Gasteiger charge is -2.58. The molecule has 2 aromatic rings. The van der Waals surface area contributed by atoms with E-state index in [4.69, 9.17) is 9.84 Å². The first kappa shape index (κ1) is 23.1. The van der Waals surface area contributed by atoms with Crippen molar-refractivity contribution in [2.45, 2.75) is 82.7 Å². The maximum atomic E-state index is 11.1. The van der Waals surface area contributed by atoms with Gasteiger partial charge in [0.25, 0.3) is 0 Å². The van der Waals surface area contributed by atoms with E-state index in [1.165, 1.54) is 44.1 Å². The number of hydrogen-bond donors (Lipinski definition) is 3. The van der Waals surface area contributed by atoms with Crippen molar-refractivity contribution in [3.8, 4) is 17.1 Å². The van der Waals surface area contributed by atoms with Crippen LogP contribution in [0, 0.1) is 29.1 Å². The van der Waals surface area contributed by atoms with Gasteiger partial charge in [0.05, 0.1) is 11.8 Å². The molecule has 1 atom stereocenters. The van der Waals surface area contributed by atoms with E-state index in [1.54, 1.807) is 0 Å². The lowest BCUT2D eigenvalue weighted by molar-refractivity contribution is -0.138. The zero-order valence-electron chi connectivity index (χ0n) is 20.5. The second-order valence-electron chi connectivity index (χ2n) is 12.2. The average Bonchev–Trinajstić information content (AvgIpc) is 3.31. The van der Waals surface area contributed by atoms with Crippen molar-refractivity contribution in [2.24, 2.45) is 29.1 Å². The molecule has 1 heterocycles. The SMILES string of the molecule is O=C(O)CC1CCC(c2ccc(-c3cc(OCC(O)C45CC6CC(CC(C6)C4)C5)n[nH]3)cc2)CC1. The third kappa shape index (κ3) is 4.74. The summed E-state index contributed by atoms with van der Waals surface area (Å²) in [7, 11) is 0. The minimum atomic E-state index is -0.678. The van der Waals surface area contributed by atoms with E-state index in [0.717, 1.165) is 54.7 Å². The molecule has 1 aromatic carbocycles. The van der Waals surface area contributed by atoms with E-state index >= 15 is 0 Å². The molecular weight excluding hydrogens is 440 g/mol. The van der Waals surface area contributed by atoms with Crippen molar-refractivity contribution < 1.29 is 19.7 Å². The van der Waals surface area contributed by atoms with Crippen LogP contribution >= 0.6 is 0 Å². The van der Waals surface area contributed by atoms with Crippen LogP contribution in [0.5, 0.6) is 5.88 Å². The van der Waals surface area contributed by atoms with Crippen molar-refractivity contribution in [1.82, 2.24) is 10.2 Å². The normalized spacial score (nSPS) is 34.6. The van der Waals surface area contributed by atoms with Gasteiger partial charge in [0.15, 0.2) is 0 Å². The summed E-state index contributed by atoms with van der Waals surface area (Å²) in [6.07, 6.45) is 11.6. The summed E-state index contributed by atoms with van der Waals surface area (Å²) in [6.45, 7) is 0.319. The maximum Gasteiger partial charge on any atom is 0.303 e. The Balaban J connectivity index is 1.03. The Kier molecular flexibility index (Phi) is 6.11. The number of aliphatic hydroxyl groups is 1. The van der Waals surface area contributed by atoms with Gasteiger partial charge in [-0.05, 0) is 105 Å². The number of nitrogens with one attached hydrogen (secondary N) is 1. The summed E-state index contributed by atoms with van der Waals surface area (Å²) in [4.78, 5) is 11.0. The number of carboxylic acid groups (broad SMARTS) is 1. The van der Waals surface area contributed by atoms with Crippen LogP contribution in [0.15, 0.2) is 30.3 Å². The second-order valence-corrected chi connectivity index (χ2v) is 12.2. The van der Waals surface area contributed by atoms with Gasteiger partial charge in [0.1, 0.15) is 6.61 Å². The number of ether oxygens (including phenoxy) is 1. The third-order valence-electron chi connectivity index (χ3n) is 9.74. The van der Waals surface area contributed by atoms with Crippen LogP contribution in [0.2, 0.25) is 0 Å². The molecule has 5 saturated carbocycles. The first-order valence-corrected chi connectivity index (χ1v) is 13.6. The average molecular weight is 479 g/mol. The van der Waals surface area contributed by atoms with E-state index in [0.29, 0.717) is 30.7 Å². The Morgan fingerprint density at radius 1 is 1.03 bits per heavy atom. The Labute approximate surface area is 207 Å². The van der Waals surface area contributed by atoms with Crippen molar-refractivity contribution in [1.29, 1.82) is 0 Å². The number of aromatic nitrogens is 2. The zero-order valence-corrected chi connectivity index (χ0v) is 20.5. The molecule has 7 rings (SSSR count). The summed E-state index contributed by atoms with van der Waals surface area (Å²) in [5.74, 6) is 3.16. The minimum absolute atomic E-state index is 0.0660. The largest absolute Gasteiger partial charge is 0.481 e. The number of rotatable bonds is 8. The fourth-order valence-electron chi connectivity index (χ4n) is 8.33. The highest BCUT2D eigenvalue weighted by Crippen LogP contribution is 2.61. The van der Waals surface area contributed by atoms with Crippen LogP contribution in [-0.2, 0) is 4.79 Å². The van der Waals surface area contributed by atoms with Crippen LogP contribution in [0.1, 0.15) is 82.1 Å². The van der Waals surface area contributed by atoms with Crippen LogP contribution in [-0.4, -0.2) is 39.1 Å². The molecule has 188 valence electrons. The molecule has 6 nitrogen and oxygen atoms in total. The number of carbonyl (C=O) groups is 1. The molecule has 6 heteroatoms. The van der Waals surface area contributed by atoms with Gasteiger partial charge in [-0.15, -0.1) is 5.10 Å². The molecule has 3 N–H and O–H groups in total. The Hall–Kier alpha value is -2.34. The highest BCUT2D eigenvalue weighted by molar-refractivity contribution is 5.67. The quantitative estimate of drug-likeness (QED) is 0.447. The summed E-state index contributed by atoms with van der Waals surface area (Å²) in [5, 5.41) is 27.6. The molecule has 0 saturated heterocycles. The topological polar surface area (TPSA) is 95.4 Å². The van der Waals surface area contributed by atoms with E-state index < -0.39 is 12.1 Å². The smallest absolute Gasteiger partial charge is 0.303 e. The van der Waals surface area contributed by atoms with Crippen molar-refractivity contribution >= 4 is 5.97 Å². The highest BCUT2D eigenvalue weighted by Gasteiger charge is 2.54. The van der Waals surface area contributed by atoms with Crippen LogP contribution in [0.4, 0.5) is 0 Å². The van der Waals surface area contributed by atoms with E-state index in [9.17, 15) is 9.90 Å². The number of nitrogens with zero attached hydrogens (tertiary/aromatic N) is 1. The van der Waals surface area contributed by atoms with Gasteiger partial charge in [-0.2, -0.15) is 0 Å². The summed E-state index contributed by atoms with van der Waals surface area (Å²) in [6, 6.07) is 10.6. The monoisotopic (exact) mass is 478 g/mol. The van der Waals surface area contributed by atoms with Gasteiger partial charge >= 0.3 is 5.97 Å². The van der Waals surface area contributed by atoms with Crippen molar-refractivity contribution in [3.63, 3.8) is 0 Å². The van der Waals surface area contributed by atoms with Gasteiger partial charge < -0.3 is 14.9 Å². The van der Waals surface area contributed by atoms with Gasteiger partial charge in [-0.1, -0.05) is 24.3 Å². The van der Waals surface area contributed by atoms with Gasteiger partial charge in [0.2, 0.25) is 5.88 Å². The predicted octanol–water partition coefficient (Wildman–Crippen LogP) is 5.78. The molecule has 1 aromatic heterocycles. The Bertz CT molecular complexity index is 1000. The van der Waals surface area contributed by atoms with E-state index in [-0.39, 0.29) is 5.41 Å². The molecule has 0 aliphatic heterocycles. The fourth-order valence-corrected chi connectivity index (χ4v) is 8.33. The highest BCUT2D eigenvalue weighted by atomic mass is 16.5. The molecule has 0 radical (unpaired) electrons. The van der Waals surface area contributed by atoms with Crippen LogP contribution in [0.3, 0.4) is 0 Å². The number of aromatic amines is 1. The molecule has 0 amide bonds. The first-order chi connectivity index (χ1) is 17.0. The number of aliphatic hydroxyl groups excluding tert-OH is 1. The van der Waals surface area contributed by atoms with E-state index in [1.807, 2.05) is 6.07 Å². The third-order valence-corrected chi connectivity index (χ3v) is 9.74. The predicted molar refractivity (Wildman–Crippen MR) is 133 cm³/mol. The Morgan fingerprint density at radius 3 is 2.26 bits per heavy atom. The molecular formula is C29H38N2O4. The Morgan fingerprint density at radius 2 is 1.66 bits per heavy atom. The molecule has 4 bridgehead atoms. The molecule has 5 aliphatic carbocycles. The number of H-pyrrole nitrogens is 1. The number of carboxylic acids is 1. The molecule has 1 unspecified atom stereocenters. The minimum Gasteiger partial charge on any atom is -0.481 e. The van der Waals surface area contributed by atoms with Gasteiger partial charge in [-0.3, -0.25) is 9.89 Å². The lowest BCUT2D eigenvalue weighted by atomic mass is 9.48. The summed E-state index contributed by atoms with van der Waals surface area (Å²) < 4.78 is 5.98. The van der Waals surface area contributed by atoms with Crippen molar-refractivity contribution in [3.05, 3.63) is 35.9 Å². The zero-order chi connectivity index (χ0) is 24.0. The van der Waals surface area contributed by atoms with Crippen LogP contribution in [0.25, 0.3) is 11.3 Å². The summed E-state index contributed by atoms with van der Waals surface area (Å²) >= 11 is 0. The second kappa shape index (κ2) is 9.27. The summed E-state index contributed by atoms with van der Waals surface area (Å²) in [5.41, 5.74) is 3.38. The van der Waals surface area contributed by atoms with E-state index in [2.05, 4.69) is 34.5 Å².